The molecule has 0 aromatic heterocycles. The van der Waals surface area contributed by atoms with Gasteiger partial charge in [-0.25, -0.2) is 0 Å². The number of anilines is 2. The number of benzene rings is 1. The lowest BCUT2D eigenvalue weighted by atomic mass is 10.1. The molecule has 0 amide bonds. The molecule has 0 radical (unpaired) electrons. The molecule has 1 rings (SSSR count). The summed E-state index contributed by atoms with van der Waals surface area (Å²) < 4.78 is 0. The molecule has 0 saturated carbocycles. The second kappa shape index (κ2) is 5.23. The van der Waals surface area contributed by atoms with Crippen LogP contribution in [0.2, 0.25) is 0 Å². The second-order valence-electron chi connectivity index (χ2n) is 3.44. The first-order chi connectivity index (χ1) is 7.19. The average Bonchev–Trinajstić information content (AvgIpc) is 2.21. The molecule has 4 nitrogen and oxygen atoms in total. The monoisotopic (exact) mass is 205 g/mol. The smallest absolute Gasteiger partial charge is 0.101 e. The van der Waals surface area contributed by atoms with Crippen LogP contribution >= 0.6 is 0 Å². The molecule has 0 saturated heterocycles. The van der Waals surface area contributed by atoms with Crippen molar-refractivity contribution in [2.24, 2.45) is 0 Å². The molecule has 80 valence electrons. The topological polar surface area (TPSA) is 82.1 Å². The molecule has 0 fully saturated rings. The Kier molecular flexibility index (Phi) is 3.95. The van der Waals surface area contributed by atoms with Crippen LogP contribution in [0.25, 0.3) is 0 Å². The van der Waals surface area contributed by atoms with Crippen molar-refractivity contribution in [1.82, 2.24) is 0 Å². The van der Waals surface area contributed by atoms with Crippen molar-refractivity contribution in [1.29, 1.82) is 5.26 Å². The highest BCUT2D eigenvalue weighted by Crippen LogP contribution is 2.22. The summed E-state index contributed by atoms with van der Waals surface area (Å²) in [5.41, 5.74) is 7.47. The van der Waals surface area contributed by atoms with Crippen LogP contribution in [0.5, 0.6) is 0 Å². The van der Waals surface area contributed by atoms with Gasteiger partial charge in [0.15, 0.2) is 0 Å². The summed E-state index contributed by atoms with van der Waals surface area (Å²) in [6.45, 7) is 2.08. The summed E-state index contributed by atoms with van der Waals surface area (Å²) in [6.07, 6.45) is 0.649. The maximum absolute atomic E-state index is 8.78. The molecule has 1 aromatic carbocycles. The quantitative estimate of drug-likeness (QED) is 0.647. The summed E-state index contributed by atoms with van der Waals surface area (Å²) >= 11 is 0. The molecule has 0 aliphatic carbocycles. The lowest BCUT2D eigenvalue weighted by Gasteiger charge is -2.16. The van der Waals surface area contributed by atoms with Crippen molar-refractivity contribution in [3.8, 4) is 6.07 Å². The molecule has 0 heterocycles. The number of aliphatic hydroxyl groups excluding tert-OH is 1. The molecule has 4 N–H and O–H groups in total. The van der Waals surface area contributed by atoms with Crippen LogP contribution in [0.15, 0.2) is 18.2 Å². The van der Waals surface area contributed by atoms with E-state index in [1.165, 1.54) is 0 Å². The second-order valence-corrected chi connectivity index (χ2v) is 3.44. The van der Waals surface area contributed by atoms with Crippen molar-refractivity contribution in [3.63, 3.8) is 0 Å². The maximum atomic E-state index is 8.78. The van der Waals surface area contributed by atoms with Crippen LogP contribution in [0.1, 0.15) is 18.9 Å². The number of nitrogens with two attached hydrogens (primary N) is 1. The van der Waals surface area contributed by atoms with E-state index in [0.29, 0.717) is 17.7 Å². The number of nitrogens with one attached hydrogen (secondary N) is 1. The highest BCUT2D eigenvalue weighted by molar-refractivity contribution is 5.73. The Morgan fingerprint density at radius 1 is 1.60 bits per heavy atom. The normalized spacial score (nSPS) is 11.8. The molecule has 0 spiro atoms. The predicted octanol–water partition coefficient (Wildman–Crippen LogP) is 1.32. The Bertz CT molecular complexity index is 371. The number of nitrogen functional groups attached to an aromatic ring is 1. The zero-order valence-electron chi connectivity index (χ0n) is 8.70. The third-order valence-electron chi connectivity index (χ3n) is 2.19. The minimum Gasteiger partial charge on any atom is -0.396 e. The Morgan fingerprint density at radius 3 is 2.93 bits per heavy atom. The Morgan fingerprint density at radius 2 is 2.33 bits per heavy atom. The van der Waals surface area contributed by atoms with Crippen LogP contribution < -0.4 is 11.1 Å². The number of para-hydroxylation sites is 1. The summed E-state index contributed by atoms with van der Waals surface area (Å²) in [7, 11) is 0. The molecule has 1 aromatic rings. The van der Waals surface area contributed by atoms with Gasteiger partial charge >= 0.3 is 0 Å². The zero-order valence-corrected chi connectivity index (χ0v) is 8.70. The number of aliphatic hydroxyl groups is 1. The maximum Gasteiger partial charge on any atom is 0.101 e. The van der Waals surface area contributed by atoms with Gasteiger partial charge in [0.05, 0.1) is 16.9 Å². The van der Waals surface area contributed by atoms with Crippen molar-refractivity contribution >= 4 is 11.4 Å². The van der Waals surface area contributed by atoms with Crippen LogP contribution in [0.4, 0.5) is 11.4 Å². The number of hydrogen-bond acceptors (Lipinski definition) is 4. The zero-order chi connectivity index (χ0) is 11.3. The SMILES string of the molecule is CC(CCO)Nc1cccc(C#N)c1N. The molecule has 1 atom stereocenters. The van der Waals surface area contributed by atoms with Crippen molar-refractivity contribution in [2.45, 2.75) is 19.4 Å². The van der Waals surface area contributed by atoms with Gasteiger partial charge in [0, 0.05) is 12.6 Å². The first kappa shape index (κ1) is 11.3. The minimum absolute atomic E-state index is 0.131. The fourth-order valence-electron chi connectivity index (χ4n) is 1.32. The van der Waals surface area contributed by atoms with Crippen molar-refractivity contribution in [2.75, 3.05) is 17.7 Å². The molecular weight excluding hydrogens is 190 g/mol. The van der Waals surface area contributed by atoms with Gasteiger partial charge in [-0.2, -0.15) is 5.26 Å². The van der Waals surface area contributed by atoms with E-state index in [1.807, 2.05) is 19.1 Å². The molecule has 0 bridgehead atoms. The average molecular weight is 205 g/mol. The highest BCUT2D eigenvalue weighted by Gasteiger charge is 2.06. The lowest BCUT2D eigenvalue weighted by Crippen LogP contribution is -2.17. The van der Waals surface area contributed by atoms with Gasteiger partial charge < -0.3 is 16.2 Å². The summed E-state index contributed by atoms with van der Waals surface area (Å²) in [5.74, 6) is 0. The fraction of sp³-hybridized carbons (Fsp3) is 0.364. The molecule has 15 heavy (non-hydrogen) atoms. The molecule has 4 heteroatoms. The first-order valence-corrected chi connectivity index (χ1v) is 4.85. The number of nitrogens with zero attached hydrogens (tertiary/aromatic N) is 1. The van der Waals surface area contributed by atoms with Gasteiger partial charge in [-0.3, -0.25) is 0 Å². The number of nitriles is 1. The molecular formula is C11H15N3O. The Balaban J connectivity index is 2.82. The Hall–Kier alpha value is -1.73. The van der Waals surface area contributed by atoms with Crippen molar-refractivity contribution in [3.05, 3.63) is 23.8 Å². The molecule has 0 aliphatic heterocycles. The summed E-state index contributed by atoms with van der Waals surface area (Å²) in [4.78, 5) is 0. The minimum atomic E-state index is 0.131. The molecule has 1 unspecified atom stereocenters. The van der Waals surface area contributed by atoms with Gasteiger partial charge in [-0.05, 0) is 25.5 Å². The standard InChI is InChI=1S/C11H15N3O/c1-8(5-6-15)14-10-4-2-3-9(7-12)11(10)13/h2-4,8,14-15H,5-6,13H2,1H3. The fourth-order valence-corrected chi connectivity index (χ4v) is 1.32. The predicted molar refractivity (Wildman–Crippen MR) is 60.4 cm³/mol. The molecule has 0 aliphatic rings. The van der Waals surface area contributed by atoms with E-state index in [2.05, 4.69) is 5.32 Å². The van der Waals surface area contributed by atoms with Crippen LogP contribution in [0.3, 0.4) is 0 Å². The van der Waals surface area contributed by atoms with Crippen LogP contribution in [-0.4, -0.2) is 17.8 Å². The van der Waals surface area contributed by atoms with Gasteiger partial charge in [0.25, 0.3) is 0 Å². The number of hydrogen-bond donors (Lipinski definition) is 3. The van der Waals surface area contributed by atoms with E-state index in [-0.39, 0.29) is 12.6 Å². The van der Waals surface area contributed by atoms with E-state index in [9.17, 15) is 0 Å². The largest absolute Gasteiger partial charge is 0.396 e. The van der Waals surface area contributed by atoms with Gasteiger partial charge in [0.1, 0.15) is 6.07 Å². The van der Waals surface area contributed by atoms with E-state index >= 15 is 0 Å². The van der Waals surface area contributed by atoms with Crippen LogP contribution in [0, 0.1) is 11.3 Å². The first-order valence-electron chi connectivity index (χ1n) is 4.85. The summed E-state index contributed by atoms with van der Waals surface area (Å²) in [6, 6.07) is 7.44. The third-order valence-corrected chi connectivity index (χ3v) is 2.19. The van der Waals surface area contributed by atoms with Crippen molar-refractivity contribution < 1.29 is 5.11 Å². The van der Waals surface area contributed by atoms with Crippen LogP contribution in [-0.2, 0) is 0 Å². The van der Waals surface area contributed by atoms with Gasteiger partial charge in [-0.15, -0.1) is 0 Å². The Labute approximate surface area is 89.3 Å². The van der Waals surface area contributed by atoms with E-state index in [0.717, 1.165) is 5.69 Å². The van der Waals surface area contributed by atoms with E-state index in [4.69, 9.17) is 16.1 Å². The van der Waals surface area contributed by atoms with Gasteiger partial charge in [-0.1, -0.05) is 6.07 Å². The van der Waals surface area contributed by atoms with Gasteiger partial charge in [0.2, 0.25) is 0 Å². The third kappa shape index (κ3) is 2.86. The van der Waals surface area contributed by atoms with E-state index < -0.39 is 0 Å². The summed E-state index contributed by atoms with van der Waals surface area (Å²) in [5, 5.41) is 20.7. The number of rotatable bonds is 4. The highest BCUT2D eigenvalue weighted by atomic mass is 16.3. The lowest BCUT2D eigenvalue weighted by molar-refractivity contribution is 0.282. The van der Waals surface area contributed by atoms with E-state index in [1.54, 1.807) is 12.1 Å².